The highest BCUT2D eigenvalue weighted by Gasteiger charge is 2.38. The molecule has 3 heteroatoms. The number of hydrogen-bond donors (Lipinski definition) is 0. The second-order valence-electron chi connectivity index (χ2n) is 5.95. The van der Waals surface area contributed by atoms with Crippen molar-refractivity contribution in [2.24, 2.45) is 5.92 Å². The second kappa shape index (κ2) is 5.13. The highest BCUT2D eigenvalue weighted by atomic mass is 28.4. The molecule has 88 valence electrons. The highest BCUT2D eigenvalue weighted by Crippen LogP contribution is 2.37. The highest BCUT2D eigenvalue weighted by molar-refractivity contribution is 6.74. The van der Waals surface area contributed by atoms with Crippen LogP contribution in [0.15, 0.2) is 0 Å². The molecule has 0 radical (unpaired) electrons. The van der Waals surface area contributed by atoms with E-state index in [2.05, 4.69) is 46.9 Å². The Labute approximate surface area is 95.8 Å². The minimum atomic E-state index is -1.66. The van der Waals surface area contributed by atoms with E-state index < -0.39 is 8.32 Å². The lowest BCUT2D eigenvalue weighted by Crippen LogP contribution is -2.43. The van der Waals surface area contributed by atoms with Crippen LogP contribution < -0.4 is 0 Å². The Kier molecular flexibility index (Phi) is 5.02. The molecule has 0 saturated heterocycles. The third-order valence-electron chi connectivity index (χ3n) is 3.21. The molecule has 0 aromatic carbocycles. The number of nitriles is 1. The lowest BCUT2D eigenvalue weighted by atomic mass is 10.1. The molecule has 0 aromatic rings. The average molecular weight is 227 g/mol. The molecule has 15 heavy (non-hydrogen) atoms. The Hall–Kier alpha value is -0.333. The zero-order chi connectivity index (χ0) is 12.3. The van der Waals surface area contributed by atoms with Gasteiger partial charge in [0.25, 0.3) is 0 Å². The van der Waals surface area contributed by atoms with Gasteiger partial charge < -0.3 is 4.43 Å². The van der Waals surface area contributed by atoms with Gasteiger partial charge in [-0.05, 0) is 38.4 Å². The van der Waals surface area contributed by atoms with E-state index in [4.69, 9.17) is 9.69 Å². The summed E-state index contributed by atoms with van der Waals surface area (Å²) in [6.45, 7) is 15.2. The monoisotopic (exact) mass is 227 g/mol. The van der Waals surface area contributed by atoms with E-state index in [1.165, 1.54) is 0 Å². The van der Waals surface area contributed by atoms with Gasteiger partial charge in [-0.1, -0.05) is 20.8 Å². The molecule has 0 fully saturated rings. The number of nitrogens with zero attached hydrogens (tertiary/aromatic N) is 1. The maximum absolute atomic E-state index is 8.75. The van der Waals surface area contributed by atoms with E-state index >= 15 is 0 Å². The number of hydrogen-bond acceptors (Lipinski definition) is 2. The van der Waals surface area contributed by atoms with Crippen LogP contribution in [0.2, 0.25) is 18.1 Å². The molecule has 0 aliphatic heterocycles. The van der Waals surface area contributed by atoms with Crippen molar-refractivity contribution >= 4 is 8.32 Å². The molecule has 0 aliphatic carbocycles. The van der Waals surface area contributed by atoms with Crippen molar-refractivity contribution in [3.63, 3.8) is 0 Å². The first-order valence-corrected chi connectivity index (χ1v) is 8.58. The summed E-state index contributed by atoms with van der Waals surface area (Å²) >= 11 is 0. The lowest BCUT2D eigenvalue weighted by molar-refractivity contribution is 0.179. The van der Waals surface area contributed by atoms with Gasteiger partial charge in [-0.3, -0.25) is 0 Å². The van der Waals surface area contributed by atoms with Crippen molar-refractivity contribution in [2.75, 3.05) is 0 Å². The van der Waals surface area contributed by atoms with Gasteiger partial charge in [0.1, 0.15) is 0 Å². The SMILES string of the molecule is C[C@@H](C#N)C[C@H](C)O[Si](C)(C)C(C)(C)C. The van der Waals surface area contributed by atoms with E-state index in [9.17, 15) is 0 Å². The van der Waals surface area contributed by atoms with Crippen molar-refractivity contribution < 1.29 is 4.43 Å². The largest absolute Gasteiger partial charge is 0.414 e. The first kappa shape index (κ1) is 14.7. The van der Waals surface area contributed by atoms with Crippen molar-refractivity contribution in [2.45, 2.75) is 65.3 Å². The molecule has 0 aliphatic rings. The predicted molar refractivity (Wildman–Crippen MR) is 67.1 cm³/mol. The van der Waals surface area contributed by atoms with Gasteiger partial charge in [0.05, 0.1) is 6.07 Å². The molecule has 0 saturated carbocycles. The van der Waals surface area contributed by atoms with Crippen LogP contribution in [0.4, 0.5) is 0 Å². The van der Waals surface area contributed by atoms with Crippen LogP contribution in [0.5, 0.6) is 0 Å². The van der Waals surface area contributed by atoms with E-state index in [1.807, 2.05) is 6.92 Å². The topological polar surface area (TPSA) is 33.0 Å². The maximum Gasteiger partial charge on any atom is 0.192 e. The van der Waals surface area contributed by atoms with Gasteiger partial charge in [-0.15, -0.1) is 0 Å². The molecule has 0 spiro atoms. The first-order chi connectivity index (χ1) is 6.60. The quantitative estimate of drug-likeness (QED) is 0.681. The molecule has 0 aromatic heterocycles. The van der Waals surface area contributed by atoms with Crippen LogP contribution in [-0.2, 0) is 4.43 Å². The fourth-order valence-corrected chi connectivity index (χ4v) is 2.73. The summed E-state index contributed by atoms with van der Waals surface area (Å²) in [5.41, 5.74) is 0. The van der Waals surface area contributed by atoms with Crippen LogP contribution in [0, 0.1) is 17.2 Å². The Morgan fingerprint density at radius 2 is 1.73 bits per heavy atom. The lowest BCUT2D eigenvalue weighted by Gasteiger charge is -2.38. The zero-order valence-corrected chi connectivity index (χ0v) is 12.2. The van der Waals surface area contributed by atoms with E-state index in [-0.39, 0.29) is 17.1 Å². The third kappa shape index (κ3) is 4.81. The van der Waals surface area contributed by atoms with Gasteiger partial charge in [0.2, 0.25) is 0 Å². The average Bonchev–Trinajstić information content (AvgIpc) is 2.00. The predicted octanol–water partition coefficient (Wildman–Crippen LogP) is 3.95. The summed E-state index contributed by atoms with van der Waals surface area (Å²) in [6.07, 6.45) is 1.03. The minimum absolute atomic E-state index is 0.0877. The summed E-state index contributed by atoms with van der Waals surface area (Å²) in [4.78, 5) is 0. The molecule has 0 rings (SSSR count). The summed E-state index contributed by atoms with van der Waals surface area (Å²) in [7, 11) is -1.66. The third-order valence-corrected chi connectivity index (χ3v) is 7.81. The molecule has 0 bridgehead atoms. The normalized spacial score (nSPS) is 16.9. The summed E-state index contributed by atoms with van der Waals surface area (Å²) in [5.74, 6) is 0.0877. The van der Waals surface area contributed by atoms with Crippen LogP contribution in [-0.4, -0.2) is 14.4 Å². The second-order valence-corrected chi connectivity index (χ2v) is 10.7. The molecular weight excluding hydrogens is 202 g/mol. The Morgan fingerprint density at radius 3 is 2.07 bits per heavy atom. The van der Waals surface area contributed by atoms with Crippen molar-refractivity contribution in [3.8, 4) is 6.07 Å². The standard InChI is InChI=1S/C12H25NOSi/c1-10(9-13)8-11(2)14-15(6,7)12(3,4)5/h10-11H,8H2,1-7H3/t10-,11+/m1/s1. The van der Waals surface area contributed by atoms with Gasteiger partial charge in [-0.2, -0.15) is 5.26 Å². The fraction of sp³-hybridized carbons (Fsp3) is 0.917. The molecule has 2 atom stereocenters. The van der Waals surface area contributed by atoms with Crippen molar-refractivity contribution in [3.05, 3.63) is 0 Å². The molecule has 0 unspecified atom stereocenters. The summed E-state index contributed by atoms with van der Waals surface area (Å²) in [5, 5.41) is 8.99. The molecule has 0 N–H and O–H groups in total. The zero-order valence-electron chi connectivity index (χ0n) is 11.2. The summed E-state index contributed by atoms with van der Waals surface area (Å²) < 4.78 is 6.16. The molecule has 2 nitrogen and oxygen atoms in total. The van der Waals surface area contributed by atoms with Crippen LogP contribution in [0.3, 0.4) is 0 Å². The maximum atomic E-state index is 8.75. The van der Waals surface area contributed by atoms with Gasteiger partial charge in [0.15, 0.2) is 8.32 Å². The first-order valence-electron chi connectivity index (χ1n) is 5.67. The Morgan fingerprint density at radius 1 is 1.27 bits per heavy atom. The number of rotatable bonds is 4. The van der Waals surface area contributed by atoms with E-state index in [1.54, 1.807) is 0 Å². The Balaban J connectivity index is 4.30. The van der Waals surface area contributed by atoms with Crippen LogP contribution >= 0.6 is 0 Å². The van der Waals surface area contributed by atoms with E-state index in [0.29, 0.717) is 0 Å². The summed E-state index contributed by atoms with van der Waals surface area (Å²) in [6, 6.07) is 2.26. The van der Waals surface area contributed by atoms with Crippen LogP contribution in [0.25, 0.3) is 0 Å². The van der Waals surface area contributed by atoms with Crippen molar-refractivity contribution in [1.82, 2.24) is 0 Å². The Bertz CT molecular complexity index is 237. The van der Waals surface area contributed by atoms with Crippen LogP contribution in [0.1, 0.15) is 41.0 Å². The smallest absolute Gasteiger partial charge is 0.192 e. The molecule has 0 heterocycles. The molecule has 0 amide bonds. The van der Waals surface area contributed by atoms with Crippen molar-refractivity contribution in [1.29, 1.82) is 5.26 Å². The fourth-order valence-electron chi connectivity index (χ4n) is 1.28. The van der Waals surface area contributed by atoms with Gasteiger partial charge >= 0.3 is 0 Å². The molecular formula is C12H25NOSi. The van der Waals surface area contributed by atoms with Gasteiger partial charge in [0, 0.05) is 12.0 Å². The van der Waals surface area contributed by atoms with E-state index in [0.717, 1.165) is 6.42 Å². The van der Waals surface area contributed by atoms with Gasteiger partial charge in [-0.25, -0.2) is 0 Å². The minimum Gasteiger partial charge on any atom is -0.414 e.